The van der Waals surface area contributed by atoms with Gasteiger partial charge in [0.25, 0.3) is 0 Å². The molecule has 2 aromatic rings. The van der Waals surface area contributed by atoms with Crippen LogP contribution in [0.2, 0.25) is 0 Å². The number of carboxylic acids is 1. The predicted octanol–water partition coefficient (Wildman–Crippen LogP) is 1.21. The summed E-state index contributed by atoms with van der Waals surface area (Å²) in [5.74, 6) is -0.957. The summed E-state index contributed by atoms with van der Waals surface area (Å²) in [5.41, 5.74) is 1.97. The molecular weight excluding hydrogens is 314 g/mol. The fraction of sp³-hybridized carbons (Fsp3) is 0.333. The molecule has 0 aliphatic rings. The molecule has 2 aromatic heterocycles. The highest BCUT2D eigenvalue weighted by Gasteiger charge is 2.17. The number of carbonyl (C=O) groups is 1. The van der Waals surface area contributed by atoms with Gasteiger partial charge in [-0.2, -0.15) is 16.4 Å². The van der Waals surface area contributed by atoms with Gasteiger partial charge in [-0.1, -0.05) is 0 Å². The Hall–Kier alpha value is -1.71. The Morgan fingerprint density at radius 3 is 2.86 bits per heavy atom. The topological polar surface area (TPSA) is 101 Å². The van der Waals surface area contributed by atoms with Crippen LogP contribution >= 0.6 is 11.3 Å². The minimum absolute atomic E-state index is 0.0285. The molecule has 9 heteroatoms. The van der Waals surface area contributed by atoms with Crippen molar-refractivity contribution >= 4 is 27.3 Å². The van der Waals surface area contributed by atoms with Gasteiger partial charge in [0.05, 0.1) is 19.2 Å². The van der Waals surface area contributed by atoms with Crippen molar-refractivity contribution in [1.29, 1.82) is 0 Å². The van der Waals surface area contributed by atoms with Crippen LogP contribution in [-0.2, 0) is 27.9 Å². The van der Waals surface area contributed by atoms with Crippen molar-refractivity contribution in [2.75, 3.05) is 0 Å². The summed E-state index contributed by atoms with van der Waals surface area (Å²) < 4.78 is 28.0. The van der Waals surface area contributed by atoms with Crippen LogP contribution in [0, 0.1) is 6.92 Å². The molecule has 0 saturated carbocycles. The van der Waals surface area contributed by atoms with Crippen LogP contribution in [0.1, 0.15) is 17.5 Å². The van der Waals surface area contributed by atoms with Crippen LogP contribution in [0.5, 0.6) is 0 Å². The molecule has 114 valence electrons. The monoisotopic (exact) mass is 329 g/mol. The molecule has 0 aliphatic carbocycles. The van der Waals surface area contributed by atoms with Gasteiger partial charge in [-0.25, -0.2) is 13.1 Å². The number of nitrogens with zero attached hydrogens (tertiary/aromatic N) is 2. The molecule has 0 saturated heterocycles. The van der Waals surface area contributed by atoms with Crippen LogP contribution in [0.4, 0.5) is 0 Å². The summed E-state index contributed by atoms with van der Waals surface area (Å²) in [7, 11) is -3.65. The van der Waals surface area contributed by atoms with Gasteiger partial charge in [0, 0.05) is 12.7 Å². The normalized spacial score (nSPS) is 11.7. The second kappa shape index (κ2) is 6.37. The summed E-state index contributed by atoms with van der Waals surface area (Å²) in [5, 5.41) is 16.3. The predicted molar refractivity (Wildman–Crippen MR) is 77.6 cm³/mol. The van der Waals surface area contributed by atoms with Gasteiger partial charge >= 0.3 is 5.97 Å². The van der Waals surface area contributed by atoms with E-state index in [1.54, 1.807) is 0 Å². The smallest absolute Gasteiger partial charge is 0.305 e. The Labute approximate surface area is 126 Å². The molecule has 0 radical (unpaired) electrons. The highest BCUT2D eigenvalue weighted by molar-refractivity contribution is 7.89. The van der Waals surface area contributed by atoms with Gasteiger partial charge in [-0.05, 0) is 28.8 Å². The van der Waals surface area contributed by atoms with Crippen molar-refractivity contribution < 1.29 is 18.3 Å². The number of carboxylic acid groups (broad SMARTS) is 1. The largest absolute Gasteiger partial charge is 0.481 e. The number of aryl methyl sites for hydroxylation is 2. The molecule has 0 fully saturated rings. The van der Waals surface area contributed by atoms with Crippen LogP contribution in [0.3, 0.4) is 0 Å². The van der Waals surface area contributed by atoms with Crippen LogP contribution < -0.4 is 4.72 Å². The van der Waals surface area contributed by atoms with E-state index in [0.29, 0.717) is 0 Å². The lowest BCUT2D eigenvalue weighted by Gasteiger charge is -2.04. The van der Waals surface area contributed by atoms with Crippen molar-refractivity contribution in [3.63, 3.8) is 0 Å². The average Bonchev–Trinajstić information content (AvgIpc) is 3.03. The van der Waals surface area contributed by atoms with E-state index < -0.39 is 16.0 Å². The zero-order valence-electron chi connectivity index (χ0n) is 11.3. The molecule has 0 aliphatic heterocycles. The first kappa shape index (κ1) is 15.7. The van der Waals surface area contributed by atoms with E-state index in [0.717, 1.165) is 11.1 Å². The Morgan fingerprint density at radius 2 is 2.24 bits per heavy atom. The summed E-state index contributed by atoms with van der Waals surface area (Å²) in [6.07, 6.45) is 2.43. The molecule has 0 aromatic carbocycles. The third-order valence-electron chi connectivity index (χ3n) is 2.89. The van der Waals surface area contributed by atoms with E-state index in [4.69, 9.17) is 5.11 Å². The van der Waals surface area contributed by atoms with E-state index in [9.17, 15) is 13.2 Å². The summed E-state index contributed by atoms with van der Waals surface area (Å²) in [4.78, 5) is 10.5. The van der Waals surface area contributed by atoms with Crippen molar-refractivity contribution in [2.24, 2.45) is 0 Å². The second-order valence-corrected chi connectivity index (χ2v) is 7.00. The summed E-state index contributed by atoms with van der Waals surface area (Å²) in [6, 6.07) is 0. The summed E-state index contributed by atoms with van der Waals surface area (Å²) >= 11 is 1.52. The first-order chi connectivity index (χ1) is 9.88. The molecule has 2 rings (SSSR count). The van der Waals surface area contributed by atoms with Crippen LogP contribution in [-0.4, -0.2) is 29.3 Å². The highest BCUT2D eigenvalue weighted by Crippen LogP contribution is 2.15. The van der Waals surface area contributed by atoms with E-state index in [1.807, 2.05) is 17.7 Å². The molecule has 2 N–H and O–H groups in total. The van der Waals surface area contributed by atoms with Crippen molar-refractivity contribution in [3.05, 3.63) is 34.3 Å². The number of thiophene rings is 1. The molecule has 0 unspecified atom stereocenters. The zero-order valence-corrected chi connectivity index (χ0v) is 12.9. The molecule has 0 bridgehead atoms. The number of aromatic nitrogens is 2. The lowest BCUT2D eigenvalue weighted by Crippen LogP contribution is -2.23. The Bertz CT molecular complexity index is 733. The number of sulfonamides is 1. The van der Waals surface area contributed by atoms with E-state index in [2.05, 4.69) is 9.82 Å². The van der Waals surface area contributed by atoms with Gasteiger partial charge in [0.2, 0.25) is 10.0 Å². The van der Waals surface area contributed by atoms with Gasteiger partial charge in [0.1, 0.15) is 4.90 Å². The molecule has 2 heterocycles. The Balaban J connectivity index is 2.02. The second-order valence-electron chi connectivity index (χ2n) is 4.49. The van der Waals surface area contributed by atoms with Gasteiger partial charge < -0.3 is 5.11 Å². The molecule has 0 amide bonds. The number of hydrogen-bond acceptors (Lipinski definition) is 5. The molecule has 0 spiro atoms. The van der Waals surface area contributed by atoms with E-state index in [1.165, 1.54) is 28.4 Å². The Morgan fingerprint density at radius 1 is 1.48 bits per heavy atom. The Kier molecular flexibility index (Phi) is 4.76. The molecule has 0 atom stereocenters. The van der Waals surface area contributed by atoms with Crippen LogP contribution in [0.25, 0.3) is 0 Å². The van der Waals surface area contributed by atoms with Crippen molar-refractivity contribution in [3.8, 4) is 0 Å². The lowest BCUT2D eigenvalue weighted by atomic mass is 10.2. The highest BCUT2D eigenvalue weighted by atomic mass is 32.2. The standard InChI is InChI=1S/C12H15N3O4S2/c1-9-7-20-8-10(9)4-14-21(18,19)11-5-13-15(6-11)3-2-12(16)17/h5-8,14H,2-4H2,1H3,(H,16,17). The number of hydrogen-bond donors (Lipinski definition) is 2. The van der Waals surface area contributed by atoms with Crippen molar-refractivity contribution in [1.82, 2.24) is 14.5 Å². The maximum absolute atomic E-state index is 12.1. The minimum atomic E-state index is -3.65. The van der Waals surface area contributed by atoms with Gasteiger partial charge in [-0.15, -0.1) is 0 Å². The zero-order chi connectivity index (χ0) is 15.5. The lowest BCUT2D eigenvalue weighted by molar-refractivity contribution is -0.137. The van der Waals surface area contributed by atoms with Crippen molar-refractivity contribution in [2.45, 2.75) is 31.3 Å². The molecular formula is C12H15N3O4S2. The van der Waals surface area contributed by atoms with E-state index >= 15 is 0 Å². The maximum Gasteiger partial charge on any atom is 0.305 e. The summed E-state index contributed by atoms with van der Waals surface area (Å²) in [6.45, 7) is 2.27. The minimum Gasteiger partial charge on any atom is -0.481 e. The van der Waals surface area contributed by atoms with Gasteiger partial charge in [0.15, 0.2) is 0 Å². The molecule has 21 heavy (non-hydrogen) atoms. The maximum atomic E-state index is 12.1. The molecule has 7 nitrogen and oxygen atoms in total. The van der Waals surface area contributed by atoms with Crippen LogP contribution in [0.15, 0.2) is 28.0 Å². The third-order valence-corrected chi connectivity index (χ3v) is 5.15. The number of aliphatic carboxylic acids is 1. The third kappa shape index (κ3) is 4.13. The first-order valence-electron chi connectivity index (χ1n) is 6.14. The fourth-order valence-electron chi connectivity index (χ4n) is 1.64. The fourth-order valence-corrected chi connectivity index (χ4v) is 3.46. The van der Waals surface area contributed by atoms with E-state index in [-0.39, 0.29) is 24.4 Å². The average molecular weight is 329 g/mol. The SMILES string of the molecule is Cc1cscc1CNS(=O)(=O)c1cnn(CCC(=O)O)c1. The number of rotatable bonds is 7. The quantitative estimate of drug-likeness (QED) is 0.795. The first-order valence-corrected chi connectivity index (χ1v) is 8.56. The van der Waals surface area contributed by atoms with Gasteiger partial charge in [-0.3, -0.25) is 9.48 Å². The number of nitrogens with one attached hydrogen (secondary N) is 1.